The highest BCUT2D eigenvalue weighted by Gasteiger charge is 2.31. The molecule has 0 unspecified atom stereocenters. The van der Waals surface area contributed by atoms with E-state index in [9.17, 15) is 13.2 Å². The maximum absolute atomic E-state index is 12.2. The standard InChI is InChI=1S/C14H18F3NO2/c1-13(5-7-19-8-6-13)18-10-11-3-2-4-12(9-11)20-14(15,16)17/h2-4,9,18H,5-8,10H2,1H3. The molecule has 112 valence electrons. The normalized spacial score (nSPS) is 18.8. The Hall–Kier alpha value is -1.27. The van der Waals surface area contributed by atoms with E-state index in [4.69, 9.17) is 4.74 Å². The first kappa shape index (κ1) is 15.1. The lowest BCUT2D eigenvalue weighted by atomic mass is 9.92. The van der Waals surface area contributed by atoms with Gasteiger partial charge in [-0.25, -0.2) is 0 Å². The fourth-order valence-corrected chi connectivity index (χ4v) is 2.17. The summed E-state index contributed by atoms with van der Waals surface area (Å²) < 4.78 is 45.7. The molecule has 0 aliphatic carbocycles. The van der Waals surface area contributed by atoms with Crippen molar-refractivity contribution in [1.82, 2.24) is 5.32 Å². The quantitative estimate of drug-likeness (QED) is 0.923. The van der Waals surface area contributed by atoms with Crippen molar-refractivity contribution in [2.45, 2.75) is 38.2 Å². The van der Waals surface area contributed by atoms with E-state index < -0.39 is 6.36 Å². The number of hydrogen-bond donors (Lipinski definition) is 1. The third kappa shape index (κ3) is 4.68. The molecule has 1 N–H and O–H groups in total. The third-order valence-corrected chi connectivity index (χ3v) is 3.45. The molecule has 0 bridgehead atoms. The average molecular weight is 289 g/mol. The minimum atomic E-state index is -4.65. The Balaban J connectivity index is 1.94. The van der Waals surface area contributed by atoms with Crippen molar-refractivity contribution in [3.05, 3.63) is 29.8 Å². The van der Waals surface area contributed by atoms with Gasteiger partial charge < -0.3 is 14.8 Å². The summed E-state index contributed by atoms with van der Waals surface area (Å²) in [5.41, 5.74) is 0.735. The third-order valence-electron chi connectivity index (χ3n) is 3.45. The SMILES string of the molecule is CC1(NCc2cccc(OC(F)(F)F)c2)CCOCC1. The lowest BCUT2D eigenvalue weighted by molar-refractivity contribution is -0.274. The van der Waals surface area contributed by atoms with Crippen LogP contribution in [-0.4, -0.2) is 25.1 Å². The molecule has 1 aliphatic heterocycles. The van der Waals surface area contributed by atoms with Crippen molar-refractivity contribution in [3.8, 4) is 5.75 Å². The highest BCUT2D eigenvalue weighted by molar-refractivity contribution is 5.28. The topological polar surface area (TPSA) is 30.5 Å². The highest BCUT2D eigenvalue weighted by Crippen LogP contribution is 2.24. The predicted octanol–water partition coefficient (Wildman–Crippen LogP) is 3.24. The molecule has 1 aliphatic rings. The second kappa shape index (κ2) is 6.01. The van der Waals surface area contributed by atoms with Crippen LogP contribution in [0.2, 0.25) is 0 Å². The second-order valence-electron chi connectivity index (χ2n) is 5.22. The van der Waals surface area contributed by atoms with E-state index in [0.717, 1.165) is 18.4 Å². The van der Waals surface area contributed by atoms with Crippen molar-refractivity contribution in [2.24, 2.45) is 0 Å². The molecule has 0 amide bonds. The Morgan fingerprint density at radius 1 is 1.30 bits per heavy atom. The van der Waals surface area contributed by atoms with Crippen LogP contribution in [0, 0.1) is 0 Å². The van der Waals surface area contributed by atoms with Crippen molar-refractivity contribution in [2.75, 3.05) is 13.2 Å². The number of ether oxygens (including phenoxy) is 2. The molecule has 0 radical (unpaired) electrons. The minimum absolute atomic E-state index is 0.0286. The predicted molar refractivity (Wildman–Crippen MR) is 68.4 cm³/mol. The molecule has 1 aromatic carbocycles. The molecule has 1 aromatic rings. The zero-order valence-electron chi connectivity index (χ0n) is 11.3. The van der Waals surface area contributed by atoms with Crippen LogP contribution in [0.5, 0.6) is 5.75 Å². The van der Waals surface area contributed by atoms with Gasteiger partial charge in [-0.2, -0.15) is 0 Å². The number of rotatable bonds is 4. The zero-order valence-corrected chi connectivity index (χ0v) is 11.3. The van der Waals surface area contributed by atoms with Crippen LogP contribution in [-0.2, 0) is 11.3 Å². The van der Waals surface area contributed by atoms with Crippen LogP contribution in [0.15, 0.2) is 24.3 Å². The summed E-state index contributed by atoms with van der Waals surface area (Å²) in [5.74, 6) is -0.186. The Bertz CT molecular complexity index is 442. The molecular formula is C14H18F3NO2. The summed E-state index contributed by atoms with van der Waals surface area (Å²) in [6.45, 7) is 4.03. The molecule has 1 fully saturated rings. The molecule has 1 saturated heterocycles. The largest absolute Gasteiger partial charge is 0.573 e. The van der Waals surface area contributed by atoms with Gasteiger partial charge in [-0.15, -0.1) is 13.2 Å². The summed E-state index contributed by atoms with van der Waals surface area (Å²) in [4.78, 5) is 0. The summed E-state index contributed by atoms with van der Waals surface area (Å²) >= 11 is 0. The summed E-state index contributed by atoms with van der Waals surface area (Å²) in [6, 6.07) is 6.04. The van der Waals surface area contributed by atoms with Crippen molar-refractivity contribution >= 4 is 0 Å². The average Bonchev–Trinajstić information content (AvgIpc) is 2.36. The first-order valence-electron chi connectivity index (χ1n) is 6.54. The zero-order chi connectivity index (χ0) is 14.6. The van der Waals surface area contributed by atoms with E-state index in [0.29, 0.717) is 19.8 Å². The summed E-state index contributed by atoms with van der Waals surface area (Å²) in [6.07, 6.45) is -2.86. The number of benzene rings is 1. The molecular weight excluding hydrogens is 271 g/mol. The van der Waals surface area contributed by atoms with Crippen LogP contribution < -0.4 is 10.1 Å². The van der Waals surface area contributed by atoms with Crippen molar-refractivity contribution in [3.63, 3.8) is 0 Å². The van der Waals surface area contributed by atoms with E-state index in [1.807, 2.05) is 0 Å². The van der Waals surface area contributed by atoms with E-state index in [1.54, 1.807) is 12.1 Å². The summed E-state index contributed by atoms with van der Waals surface area (Å²) in [7, 11) is 0. The van der Waals surface area contributed by atoms with Crippen LogP contribution in [0.1, 0.15) is 25.3 Å². The number of hydrogen-bond acceptors (Lipinski definition) is 3. The molecule has 2 rings (SSSR count). The monoisotopic (exact) mass is 289 g/mol. The van der Waals surface area contributed by atoms with Crippen molar-refractivity contribution in [1.29, 1.82) is 0 Å². The Labute approximate surface area is 116 Å². The Morgan fingerprint density at radius 2 is 2.00 bits per heavy atom. The van der Waals surface area contributed by atoms with Gasteiger partial charge in [0.15, 0.2) is 0 Å². The van der Waals surface area contributed by atoms with E-state index >= 15 is 0 Å². The van der Waals surface area contributed by atoms with Crippen LogP contribution >= 0.6 is 0 Å². The molecule has 0 saturated carbocycles. The van der Waals surface area contributed by atoms with Gasteiger partial charge in [0, 0.05) is 25.3 Å². The molecule has 20 heavy (non-hydrogen) atoms. The van der Waals surface area contributed by atoms with Gasteiger partial charge in [0.2, 0.25) is 0 Å². The Kier molecular flexibility index (Phi) is 4.55. The van der Waals surface area contributed by atoms with Crippen LogP contribution in [0.3, 0.4) is 0 Å². The van der Waals surface area contributed by atoms with Gasteiger partial charge in [0.05, 0.1) is 0 Å². The van der Waals surface area contributed by atoms with Crippen LogP contribution in [0.25, 0.3) is 0 Å². The fourth-order valence-electron chi connectivity index (χ4n) is 2.17. The van der Waals surface area contributed by atoms with Gasteiger partial charge in [-0.1, -0.05) is 12.1 Å². The first-order valence-corrected chi connectivity index (χ1v) is 6.54. The van der Waals surface area contributed by atoms with Crippen molar-refractivity contribution < 1.29 is 22.6 Å². The second-order valence-corrected chi connectivity index (χ2v) is 5.22. The van der Waals surface area contributed by atoms with E-state index in [-0.39, 0.29) is 11.3 Å². The molecule has 0 spiro atoms. The van der Waals surface area contributed by atoms with Gasteiger partial charge in [-0.05, 0) is 37.5 Å². The van der Waals surface area contributed by atoms with E-state index in [2.05, 4.69) is 17.0 Å². The number of alkyl halides is 3. The first-order chi connectivity index (χ1) is 9.36. The molecule has 0 aromatic heterocycles. The Morgan fingerprint density at radius 3 is 2.65 bits per heavy atom. The molecule has 1 heterocycles. The van der Waals surface area contributed by atoms with Gasteiger partial charge in [-0.3, -0.25) is 0 Å². The van der Waals surface area contributed by atoms with Crippen LogP contribution in [0.4, 0.5) is 13.2 Å². The minimum Gasteiger partial charge on any atom is -0.406 e. The maximum Gasteiger partial charge on any atom is 0.573 e. The van der Waals surface area contributed by atoms with Gasteiger partial charge in [0.25, 0.3) is 0 Å². The van der Waals surface area contributed by atoms with Gasteiger partial charge >= 0.3 is 6.36 Å². The molecule has 0 atom stereocenters. The molecule has 3 nitrogen and oxygen atoms in total. The lowest BCUT2D eigenvalue weighted by Crippen LogP contribution is -2.46. The van der Waals surface area contributed by atoms with Gasteiger partial charge in [0.1, 0.15) is 5.75 Å². The summed E-state index contributed by atoms with van der Waals surface area (Å²) in [5, 5.41) is 3.39. The number of halogens is 3. The number of nitrogens with one attached hydrogen (secondary N) is 1. The fraction of sp³-hybridized carbons (Fsp3) is 0.571. The maximum atomic E-state index is 12.2. The lowest BCUT2D eigenvalue weighted by Gasteiger charge is -2.34. The highest BCUT2D eigenvalue weighted by atomic mass is 19.4. The van der Waals surface area contributed by atoms with E-state index in [1.165, 1.54) is 12.1 Å². The smallest absolute Gasteiger partial charge is 0.406 e. The molecule has 6 heteroatoms.